The molecule has 3 aromatic rings. The van der Waals surface area contributed by atoms with Crippen molar-refractivity contribution in [2.75, 3.05) is 18.1 Å². The minimum Gasteiger partial charge on any atom is -0.483 e. The van der Waals surface area contributed by atoms with Crippen molar-refractivity contribution in [3.63, 3.8) is 0 Å². The van der Waals surface area contributed by atoms with Crippen molar-refractivity contribution < 1.29 is 9.53 Å². The number of nitrogens with one attached hydrogen (secondary N) is 1. The van der Waals surface area contributed by atoms with Gasteiger partial charge in [0.05, 0.1) is 6.21 Å². The highest BCUT2D eigenvalue weighted by Crippen LogP contribution is 2.43. The average Bonchev–Trinajstić information content (AvgIpc) is 2.77. The van der Waals surface area contributed by atoms with E-state index in [2.05, 4.69) is 61.3 Å². The zero-order valence-electron chi connectivity index (χ0n) is 19.3. The van der Waals surface area contributed by atoms with Gasteiger partial charge in [0, 0.05) is 23.2 Å². The summed E-state index contributed by atoms with van der Waals surface area (Å²) in [5.74, 6) is 0.869. The number of carbonyl (C=O) groups is 1. The molecule has 1 aliphatic heterocycles. The van der Waals surface area contributed by atoms with E-state index in [-0.39, 0.29) is 18.1 Å². The fourth-order valence-electron chi connectivity index (χ4n) is 4.86. The third-order valence-electron chi connectivity index (χ3n) is 6.24. The lowest BCUT2D eigenvalue weighted by Crippen LogP contribution is -2.48. The third-order valence-corrected chi connectivity index (χ3v) is 6.24. The van der Waals surface area contributed by atoms with Gasteiger partial charge >= 0.3 is 0 Å². The number of hydrogen-bond acceptors (Lipinski definition) is 4. The first kappa shape index (κ1) is 21.9. The fourth-order valence-corrected chi connectivity index (χ4v) is 4.86. The summed E-state index contributed by atoms with van der Waals surface area (Å²) in [6.07, 6.45) is 2.80. The van der Waals surface area contributed by atoms with Crippen LogP contribution in [0.5, 0.6) is 5.75 Å². The Kier molecular flexibility index (Phi) is 6.17. The Bertz CT molecular complexity index is 1150. The molecule has 1 N–H and O–H groups in total. The van der Waals surface area contributed by atoms with Crippen LogP contribution in [0.2, 0.25) is 0 Å². The van der Waals surface area contributed by atoms with E-state index in [0.717, 1.165) is 29.3 Å². The van der Waals surface area contributed by atoms with E-state index in [9.17, 15) is 4.79 Å². The summed E-state index contributed by atoms with van der Waals surface area (Å²) in [6, 6.07) is 20.2. The smallest absolute Gasteiger partial charge is 0.277 e. The molecule has 5 nitrogen and oxygen atoms in total. The molecule has 0 bridgehead atoms. The predicted octanol–water partition coefficient (Wildman–Crippen LogP) is 5.48. The molecule has 0 saturated carbocycles. The summed E-state index contributed by atoms with van der Waals surface area (Å²) in [4.78, 5) is 14.7. The largest absolute Gasteiger partial charge is 0.483 e. The van der Waals surface area contributed by atoms with Crippen molar-refractivity contribution in [1.82, 2.24) is 5.43 Å². The Morgan fingerprint density at radius 3 is 2.78 bits per heavy atom. The van der Waals surface area contributed by atoms with Gasteiger partial charge < -0.3 is 9.64 Å². The molecule has 5 heteroatoms. The molecule has 0 unspecified atom stereocenters. The highest BCUT2D eigenvalue weighted by molar-refractivity contribution is 5.89. The van der Waals surface area contributed by atoms with Gasteiger partial charge in [-0.05, 0) is 67.8 Å². The monoisotopic (exact) mass is 429 g/mol. The molecule has 0 aliphatic carbocycles. The van der Waals surface area contributed by atoms with Gasteiger partial charge in [-0.15, -0.1) is 0 Å². The summed E-state index contributed by atoms with van der Waals surface area (Å²) < 4.78 is 5.72. The van der Waals surface area contributed by atoms with Gasteiger partial charge in [0.15, 0.2) is 6.61 Å². The third kappa shape index (κ3) is 4.47. The number of hydrazone groups is 1. The van der Waals surface area contributed by atoms with Gasteiger partial charge in [-0.3, -0.25) is 4.79 Å². The van der Waals surface area contributed by atoms with Gasteiger partial charge in [-0.2, -0.15) is 5.10 Å². The highest BCUT2D eigenvalue weighted by atomic mass is 16.5. The van der Waals surface area contributed by atoms with Gasteiger partial charge in [0.2, 0.25) is 0 Å². The van der Waals surface area contributed by atoms with Crippen LogP contribution in [0, 0.1) is 0 Å². The molecule has 0 aromatic heterocycles. The molecular formula is C27H31N3O2. The maximum atomic E-state index is 12.2. The van der Waals surface area contributed by atoms with E-state index in [4.69, 9.17) is 4.74 Å². The molecule has 0 fully saturated rings. The lowest BCUT2D eigenvalue weighted by molar-refractivity contribution is -0.123. The molecule has 32 heavy (non-hydrogen) atoms. The normalized spacial score (nSPS) is 17.4. The van der Waals surface area contributed by atoms with Crippen molar-refractivity contribution in [3.05, 3.63) is 71.8 Å². The number of carbonyl (C=O) groups excluding carboxylic acids is 1. The minimum absolute atomic E-state index is 0.0902. The van der Waals surface area contributed by atoms with Crippen LogP contribution in [0.3, 0.4) is 0 Å². The van der Waals surface area contributed by atoms with Crippen LogP contribution in [-0.4, -0.2) is 30.8 Å². The Balaban J connectivity index is 1.39. The molecule has 3 aromatic carbocycles. The van der Waals surface area contributed by atoms with E-state index in [1.165, 1.54) is 11.3 Å². The molecule has 0 radical (unpaired) electrons. The zero-order chi connectivity index (χ0) is 22.7. The van der Waals surface area contributed by atoms with Crippen LogP contribution in [0.15, 0.2) is 65.8 Å². The molecule has 0 saturated heterocycles. The molecular weight excluding hydrogens is 398 g/mol. The Labute approximate surface area is 190 Å². The molecule has 4 rings (SSSR count). The van der Waals surface area contributed by atoms with Gasteiger partial charge in [0.1, 0.15) is 5.75 Å². The van der Waals surface area contributed by atoms with E-state index in [1.807, 2.05) is 42.5 Å². The fraction of sp³-hybridized carbons (Fsp3) is 0.333. The first-order valence-corrected chi connectivity index (χ1v) is 11.2. The molecule has 166 valence electrons. The maximum absolute atomic E-state index is 12.2. The Morgan fingerprint density at radius 1 is 1.19 bits per heavy atom. The number of anilines is 1. The standard InChI is InChI=1S/C27H31N3O2/c1-5-30-24-14-13-20(15-23(24)19(2)16-27(30,3)4)17-28-29-26(31)18-32-25-12-8-10-21-9-6-7-11-22(21)25/h6-15,17,19H,5,16,18H2,1-4H3,(H,29,31)/b28-17+/t19-/m1/s1. The topological polar surface area (TPSA) is 53.9 Å². The molecule has 1 heterocycles. The number of hydrogen-bond donors (Lipinski definition) is 1. The SMILES string of the molecule is CCN1c2ccc(/C=N/NC(=O)COc3cccc4ccccc34)cc2[C@H](C)CC1(C)C. The van der Waals surface area contributed by atoms with Gasteiger partial charge in [0.25, 0.3) is 5.91 Å². The molecule has 1 atom stereocenters. The van der Waals surface area contributed by atoms with Crippen LogP contribution in [-0.2, 0) is 4.79 Å². The number of rotatable bonds is 6. The van der Waals surface area contributed by atoms with E-state index in [0.29, 0.717) is 11.7 Å². The van der Waals surface area contributed by atoms with Crippen molar-refractivity contribution in [1.29, 1.82) is 0 Å². The van der Waals surface area contributed by atoms with Gasteiger partial charge in [-0.25, -0.2) is 5.43 Å². The van der Waals surface area contributed by atoms with Crippen LogP contribution in [0.4, 0.5) is 5.69 Å². The lowest BCUT2D eigenvalue weighted by atomic mass is 9.79. The first-order valence-electron chi connectivity index (χ1n) is 11.2. The number of fused-ring (bicyclic) bond motifs is 2. The number of ether oxygens (including phenoxy) is 1. The summed E-state index contributed by atoms with van der Waals surface area (Å²) in [5.41, 5.74) is 6.32. The van der Waals surface area contributed by atoms with Crippen LogP contribution < -0.4 is 15.1 Å². The highest BCUT2D eigenvalue weighted by Gasteiger charge is 2.35. The van der Waals surface area contributed by atoms with E-state index in [1.54, 1.807) is 6.21 Å². The molecule has 1 aliphatic rings. The van der Waals surface area contributed by atoms with Crippen molar-refractivity contribution in [2.24, 2.45) is 5.10 Å². The van der Waals surface area contributed by atoms with E-state index >= 15 is 0 Å². The molecule has 1 amide bonds. The predicted molar refractivity (Wildman–Crippen MR) is 132 cm³/mol. The van der Waals surface area contributed by atoms with Crippen LogP contribution in [0.1, 0.15) is 51.2 Å². The van der Waals surface area contributed by atoms with Crippen molar-refractivity contribution in [2.45, 2.75) is 45.6 Å². The second kappa shape index (κ2) is 9.03. The maximum Gasteiger partial charge on any atom is 0.277 e. The second-order valence-electron chi connectivity index (χ2n) is 9.04. The number of amides is 1. The first-order chi connectivity index (χ1) is 15.4. The quantitative estimate of drug-likeness (QED) is 0.417. The summed E-state index contributed by atoms with van der Waals surface area (Å²) in [7, 11) is 0. The second-order valence-corrected chi connectivity index (χ2v) is 9.04. The molecule has 0 spiro atoms. The van der Waals surface area contributed by atoms with Crippen LogP contribution in [0.25, 0.3) is 10.8 Å². The van der Waals surface area contributed by atoms with E-state index < -0.39 is 0 Å². The summed E-state index contributed by atoms with van der Waals surface area (Å²) in [6.45, 7) is 9.98. The number of benzene rings is 3. The summed E-state index contributed by atoms with van der Waals surface area (Å²) in [5, 5.41) is 6.20. The van der Waals surface area contributed by atoms with Gasteiger partial charge in [-0.1, -0.05) is 49.4 Å². The zero-order valence-corrected chi connectivity index (χ0v) is 19.3. The number of nitrogens with zero attached hydrogens (tertiary/aromatic N) is 2. The Morgan fingerprint density at radius 2 is 1.97 bits per heavy atom. The minimum atomic E-state index is -0.292. The summed E-state index contributed by atoms with van der Waals surface area (Å²) >= 11 is 0. The Hall–Kier alpha value is -3.34. The lowest BCUT2D eigenvalue weighted by Gasteiger charge is -2.47. The van der Waals surface area contributed by atoms with Crippen molar-refractivity contribution >= 4 is 28.6 Å². The average molecular weight is 430 g/mol. The van der Waals surface area contributed by atoms with Crippen molar-refractivity contribution in [3.8, 4) is 5.75 Å². The van der Waals surface area contributed by atoms with Crippen LogP contribution >= 0.6 is 0 Å².